The minimum Gasteiger partial charge on any atom is -0.453 e. The summed E-state index contributed by atoms with van der Waals surface area (Å²) in [5, 5.41) is 0.425. The number of H-pyrrole nitrogens is 1. The lowest BCUT2D eigenvalue weighted by molar-refractivity contribution is -0.150. The molecule has 0 spiro atoms. The number of rotatable bonds is 6. The van der Waals surface area contributed by atoms with Gasteiger partial charge in [-0.2, -0.15) is 4.72 Å². The largest absolute Gasteiger partial charge is 0.453 e. The van der Waals surface area contributed by atoms with Gasteiger partial charge < -0.3 is 9.72 Å². The van der Waals surface area contributed by atoms with Crippen LogP contribution < -0.4 is 10.3 Å². The zero-order valence-electron chi connectivity index (χ0n) is 16.2. The summed E-state index contributed by atoms with van der Waals surface area (Å²) in [4.78, 5) is 31.5. The maximum absolute atomic E-state index is 12.4. The standard InChI is InChI=1S/C20H21N3O5S/c1-12-8-10-15(11-9-12)29(26,27)23-13(2)20(25)28-14(3)18-21-17-7-5-4-6-16(17)19(24)22-18/h4-11,13-14,23H,1-3H3,(H,21,22,24)/t13-,14-/m0/s1. The number of nitrogens with zero attached hydrogens (tertiary/aromatic N) is 1. The molecule has 0 radical (unpaired) electrons. The number of aromatic amines is 1. The number of esters is 1. The maximum atomic E-state index is 12.4. The van der Waals surface area contributed by atoms with Crippen molar-refractivity contribution < 1.29 is 17.9 Å². The topological polar surface area (TPSA) is 118 Å². The van der Waals surface area contributed by atoms with Crippen molar-refractivity contribution in [3.8, 4) is 0 Å². The molecular weight excluding hydrogens is 394 g/mol. The van der Waals surface area contributed by atoms with Crippen molar-refractivity contribution in [3.05, 3.63) is 70.3 Å². The minimum atomic E-state index is -3.88. The van der Waals surface area contributed by atoms with Crippen LogP contribution in [0.3, 0.4) is 0 Å². The first-order chi connectivity index (χ1) is 13.7. The Labute approximate surface area is 168 Å². The fourth-order valence-electron chi connectivity index (χ4n) is 2.70. The molecule has 29 heavy (non-hydrogen) atoms. The molecule has 1 aromatic heterocycles. The zero-order chi connectivity index (χ0) is 21.2. The molecule has 0 unspecified atom stereocenters. The number of hydrogen-bond donors (Lipinski definition) is 2. The molecule has 0 amide bonds. The Morgan fingerprint density at radius 2 is 1.76 bits per heavy atom. The predicted molar refractivity (Wildman–Crippen MR) is 108 cm³/mol. The number of hydrogen-bond acceptors (Lipinski definition) is 6. The van der Waals surface area contributed by atoms with Crippen molar-refractivity contribution in [2.24, 2.45) is 0 Å². The molecule has 0 fully saturated rings. The molecule has 3 aromatic rings. The van der Waals surface area contributed by atoms with Gasteiger partial charge in [0.2, 0.25) is 10.0 Å². The number of sulfonamides is 1. The molecule has 2 atom stereocenters. The highest BCUT2D eigenvalue weighted by Crippen LogP contribution is 2.16. The number of carbonyl (C=O) groups is 1. The first-order valence-electron chi connectivity index (χ1n) is 8.96. The number of para-hydroxylation sites is 1. The average Bonchev–Trinajstić information content (AvgIpc) is 2.67. The molecule has 152 valence electrons. The highest BCUT2D eigenvalue weighted by Gasteiger charge is 2.25. The molecule has 9 heteroatoms. The molecule has 0 aliphatic heterocycles. The van der Waals surface area contributed by atoms with Crippen LogP contribution in [0, 0.1) is 6.92 Å². The summed E-state index contributed by atoms with van der Waals surface area (Å²) in [6, 6.07) is 11.9. The van der Waals surface area contributed by atoms with Crippen LogP contribution >= 0.6 is 0 Å². The molecule has 0 aliphatic rings. The molecule has 0 bridgehead atoms. The van der Waals surface area contributed by atoms with E-state index in [-0.39, 0.29) is 16.3 Å². The number of aryl methyl sites for hydroxylation is 1. The number of nitrogens with one attached hydrogen (secondary N) is 2. The van der Waals surface area contributed by atoms with Crippen LogP contribution in [0.15, 0.2) is 58.2 Å². The molecule has 0 saturated carbocycles. The predicted octanol–water partition coefficient (Wildman–Crippen LogP) is 2.20. The lowest BCUT2D eigenvalue weighted by atomic mass is 10.2. The van der Waals surface area contributed by atoms with Crippen molar-refractivity contribution in [1.29, 1.82) is 0 Å². The molecule has 8 nitrogen and oxygen atoms in total. The molecule has 2 aromatic carbocycles. The van der Waals surface area contributed by atoms with Crippen LogP contribution in [0.5, 0.6) is 0 Å². The first kappa shape index (κ1) is 20.7. The molecule has 2 N–H and O–H groups in total. The van der Waals surface area contributed by atoms with Gasteiger partial charge in [-0.1, -0.05) is 29.8 Å². The third-order valence-electron chi connectivity index (χ3n) is 4.33. The second-order valence-electron chi connectivity index (χ2n) is 6.70. The van der Waals surface area contributed by atoms with Crippen LogP contribution in [0.4, 0.5) is 0 Å². The SMILES string of the molecule is Cc1ccc(S(=O)(=O)N[C@@H](C)C(=O)O[C@@H](C)c2nc3ccccc3c(=O)[nH]2)cc1. The van der Waals surface area contributed by atoms with Gasteiger partial charge in [0.25, 0.3) is 5.56 Å². The van der Waals surface area contributed by atoms with Crippen LogP contribution in [-0.2, 0) is 19.6 Å². The first-order valence-corrected chi connectivity index (χ1v) is 10.4. The van der Waals surface area contributed by atoms with E-state index in [0.717, 1.165) is 5.56 Å². The normalized spacial score (nSPS) is 13.8. The van der Waals surface area contributed by atoms with Crippen LogP contribution in [-0.4, -0.2) is 30.4 Å². The molecule has 0 aliphatic carbocycles. The number of benzene rings is 2. The zero-order valence-corrected chi connectivity index (χ0v) is 17.0. The van der Waals surface area contributed by atoms with Gasteiger partial charge in [-0.3, -0.25) is 9.59 Å². The monoisotopic (exact) mass is 415 g/mol. The Hall–Kier alpha value is -3.04. The van der Waals surface area contributed by atoms with Crippen molar-refractivity contribution in [1.82, 2.24) is 14.7 Å². The van der Waals surface area contributed by atoms with E-state index in [4.69, 9.17) is 4.74 Å². The van der Waals surface area contributed by atoms with Crippen LogP contribution in [0.25, 0.3) is 10.9 Å². The van der Waals surface area contributed by atoms with E-state index in [1.807, 2.05) is 6.92 Å². The Balaban J connectivity index is 1.72. The molecule has 1 heterocycles. The summed E-state index contributed by atoms with van der Waals surface area (Å²) in [6.07, 6.45) is -0.869. The fourth-order valence-corrected chi connectivity index (χ4v) is 3.89. The van der Waals surface area contributed by atoms with E-state index in [1.54, 1.807) is 43.3 Å². The number of fused-ring (bicyclic) bond motifs is 1. The number of aromatic nitrogens is 2. The summed E-state index contributed by atoms with van der Waals surface area (Å²) in [7, 11) is -3.88. The Morgan fingerprint density at radius 1 is 1.10 bits per heavy atom. The van der Waals surface area contributed by atoms with E-state index < -0.39 is 28.1 Å². The Kier molecular flexibility index (Phi) is 5.81. The second-order valence-corrected chi connectivity index (χ2v) is 8.42. The Morgan fingerprint density at radius 3 is 2.45 bits per heavy atom. The van der Waals surface area contributed by atoms with Gasteiger partial charge in [0.1, 0.15) is 6.04 Å². The smallest absolute Gasteiger partial charge is 0.324 e. The van der Waals surface area contributed by atoms with Crippen molar-refractivity contribution in [2.45, 2.75) is 37.8 Å². The summed E-state index contributed by atoms with van der Waals surface area (Å²) in [6.45, 7) is 4.78. The van der Waals surface area contributed by atoms with Gasteiger partial charge in [-0.05, 0) is 45.0 Å². The van der Waals surface area contributed by atoms with E-state index in [9.17, 15) is 18.0 Å². The minimum absolute atomic E-state index is 0.0522. The molecular formula is C20H21N3O5S. The highest BCUT2D eigenvalue weighted by molar-refractivity contribution is 7.89. The lowest BCUT2D eigenvalue weighted by Gasteiger charge is -2.17. The van der Waals surface area contributed by atoms with Gasteiger partial charge in [0.15, 0.2) is 11.9 Å². The third kappa shape index (κ3) is 4.69. The third-order valence-corrected chi connectivity index (χ3v) is 5.88. The highest BCUT2D eigenvalue weighted by atomic mass is 32.2. The second kappa shape index (κ2) is 8.14. The quantitative estimate of drug-likeness (QED) is 0.596. The van der Waals surface area contributed by atoms with Gasteiger partial charge in [-0.25, -0.2) is 13.4 Å². The van der Waals surface area contributed by atoms with Crippen molar-refractivity contribution >= 4 is 26.9 Å². The summed E-state index contributed by atoms with van der Waals surface area (Å²) >= 11 is 0. The lowest BCUT2D eigenvalue weighted by Crippen LogP contribution is -2.40. The summed E-state index contributed by atoms with van der Waals surface area (Å²) in [5.41, 5.74) is 1.05. The van der Waals surface area contributed by atoms with Crippen molar-refractivity contribution in [2.75, 3.05) is 0 Å². The van der Waals surface area contributed by atoms with Gasteiger partial charge in [0, 0.05) is 0 Å². The van der Waals surface area contributed by atoms with Gasteiger partial charge in [-0.15, -0.1) is 0 Å². The van der Waals surface area contributed by atoms with E-state index >= 15 is 0 Å². The fraction of sp³-hybridized carbons (Fsp3) is 0.250. The summed E-state index contributed by atoms with van der Waals surface area (Å²) in [5.74, 6) is -0.611. The number of ether oxygens (including phenoxy) is 1. The molecule has 3 rings (SSSR count). The maximum Gasteiger partial charge on any atom is 0.324 e. The van der Waals surface area contributed by atoms with Crippen LogP contribution in [0.2, 0.25) is 0 Å². The average molecular weight is 415 g/mol. The van der Waals surface area contributed by atoms with Crippen molar-refractivity contribution in [3.63, 3.8) is 0 Å². The van der Waals surface area contributed by atoms with E-state index in [0.29, 0.717) is 10.9 Å². The Bertz CT molecular complexity index is 1200. The van der Waals surface area contributed by atoms with Crippen LogP contribution in [0.1, 0.15) is 31.3 Å². The molecule has 0 saturated heterocycles. The van der Waals surface area contributed by atoms with E-state index in [2.05, 4.69) is 14.7 Å². The summed E-state index contributed by atoms with van der Waals surface area (Å²) < 4.78 is 32.5. The van der Waals surface area contributed by atoms with E-state index in [1.165, 1.54) is 19.1 Å². The van der Waals surface area contributed by atoms with Gasteiger partial charge in [0.05, 0.1) is 15.8 Å². The van der Waals surface area contributed by atoms with Gasteiger partial charge >= 0.3 is 5.97 Å². The number of carbonyl (C=O) groups excluding carboxylic acids is 1.